The Morgan fingerprint density at radius 3 is 2.49 bits per heavy atom. The number of hydrogen-bond donors (Lipinski definition) is 1. The standard InChI is InChI=1S/C26H20N4O4S/c1-34-20-5-2-16(3-6-20)14-30-25(32)21-7-4-18(12-22(21)26(30)33)23(31)28-13-19-15-35-24(29-19)17-8-10-27-11-9-17/h2-12,15H,13-14H2,1H3,(H,28,31). The molecule has 2 aromatic heterocycles. The molecule has 3 amide bonds. The van der Waals surface area contributed by atoms with E-state index in [0.717, 1.165) is 21.8 Å². The number of nitrogens with one attached hydrogen (secondary N) is 1. The van der Waals surface area contributed by atoms with E-state index in [-0.39, 0.29) is 30.5 Å². The normalized spacial score (nSPS) is 12.5. The molecule has 0 saturated heterocycles. The summed E-state index contributed by atoms with van der Waals surface area (Å²) in [4.78, 5) is 48.3. The molecule has 0 radical (unpaired) electrons. The predicted octanol–water partition coefficient (Wildman–Crippen LogP) is 3.94. The molecule has 35 heavy (non-hydrogen) atoms. The van der Waals surface area contributed by atoms with E-state index in [1.165, 1.54) is 28.4 Å². The van der Waals surface area contributed by atoms with Crippen LogP contribution in [-0.4, -0.2) is 39.7 Å². The molecule has 5 rings (SSSR count). The molecule has 2 aromatic carbocycles. The van der Waals surface area contributed by atoms with Crippen molar-refractivity contribution in [1.29, 1.82) is 0 Å². The van der Waals surface area contributed by atoms with Gasteiger partial charge in [-0.2, -0.15) is 0 Å². The Balaban J connectivity index is 1.26. The molecule has 0 saturated carbocycles. The Labute approximate surface area is 205 Å². The van der Waals surface area contributed by atoms with Gasteiger partial charge in [0.05, 0.1) is 37.0 Å². The van der Waals surface area contributed by atoms with Gasteiger partial charge in [-0.3, -0.25) is 24.3 Å². The van der Waals surface area contributed by atoms with Gasteiger partial charge in [-0.25, -0.2) is 4.98 Å². The van der Waals surface area contributed by atoms with Crippen molar-refractivity contribution in [2.45, 2.75) is 13.1 Å². The topological polar surface area (TPSA) is 101 Å². The third-order valence-electron chi connectivity index (χ3n) is 5.64. The number of hydrogen-bond acceptors (Lipinski definition) is 7. The molecular formula is C26H20N4O4S. The van der Waals surface area contributed by atoms with Gasteiger partial charge in [-0.1, -0.05) is 12.1 Å². The van der Waals surface area contributed by atoms with Crippen LogP contribution in [0, 0.1) is 0 Å². The van der Waals surface area contributed by atoms with Crippen LogP contribution in [0.15, 0.2) is 72.4 Å². The van der Waals surface area contributed by atoms with Crippen LogP contribution in [0.1, 0.15) is 42.3 Å². The van der Waals surface area contributed by atoms with E-state index in [0.29, 0.717) is 16.9 Å². The lowest BCUT2D eigenvalue weighted by Crippen LogP contribution is -2.29. The molecule has 4 aromatic rings. The number of fused-ring (bicyclic) bond motifs is 1. The number of amides is 3. The van der Waals surface area contributed by atoms with Gasteiger partial charge in [0, 0.05) is 28.9 Å². The average molecular weight is 485 g/mol. The van der Waals surface area contributed by atoms with E-state index in [1.54, 1.807) is 49.8 Å². The molecule has 1 aliphatic heterocycles. The maximum absolute atomic E-state index is 13.0. The van der Waals surface area contributed by atoms with Crippen molar-refractivity contribution in [3.63, 3.8) is 0 Å². The number of pyridine rings is 1. The Bertz CT molecular complexity index is 1420. The number of ether oxygens (including phenoxy) is 1. The lowest BCUT2D eigenvalue weighted by molar-refractivity contribution is 0.0642. The first-order chi connectivity index (χ1) is 17.0. The Morgan fingerprint density at radius 1 is 1.00 bits per heavy atom. The summed E-state index contributed by atoms with van der Waals surface area (Å²) in [5.41, 5.74) is 3.32. The van der Waals surface area contributed by atoms with Crippen molar-refractivity contribution < 1.29 is 19.1 Å². The van der Waals surface area contributed by atoms with Gasteiger partial charge in [0.25, 0.3) is 17.7 Å². The highest BCUT2D eigenvalue weighted by molar-refractivity contribution is 7.13. The van der Waals surface area contributed by atoms with Crippen LogP contribution in [0.2, 0.25) is 0 Å². The smallest absolute Gasteiger partial charge is 0.261 e. The molecule has 174 valence electrons. The summed E-state index contributed by atoms with van der Waals surface area (Å²) in [6, 6.07) is 15.5. The van der Waals surface area contributed by atoms with Crippen molar-refractivity contribution >= 4 is 29.1 Å². The van der Waals surface area contributed by atoms with Crippen LogP contribution in [0.4, 0.5) is 0 Å². The molecule has 0 bridgehead atoms. The molecule has 8 nitrogen and oxygen atoms in total. The van der Waals surface area contributed by atoms with E-state index >= 15 is 0 Å². The van der Waals surface area contributed by atoms with Crippen molar-refractivity contribution in [1.82, 2.24) is 20.2 Å². The fourth-order valence-electron chi connectivity index (χ4n) is 3.78. The number of carbonyl (C=O) groups excluding carboxylic acids is 3. The zero-order valence-electron chi connectivity index (χ0n) is 18.7. The fourth-order valence-corrected chi connectivity index (χ4v) is 4.60. The van der Waals surface area contributed by atoms with E-state index in [4.69, 9.17) is 4.74 Å². The first-order valence-corrected chi connectivity index (χ1v) is 11.7. The number of imide groups is 1. The minimum atomic E-state index is -0.419. The van der Waals surface area contributed by atoms with Gasteiger partial charge in [0.15, 0.2) is 0 Å². The third-order valence-corrected chi connectivity index (χ3v) is 6.58. The molecule has 0 atom stereocenters. The number of aromatic nitrogens is 2. The van der Waals surface area contributed by atoms with Crippen LogP contribution < -0.4 is 10.1 Å². The van der Waals surface area contributed by atoms with Gasteiger partial charge in [-0.15, -0.1) is 11.3 Å². The van der Waals surface area contributed by atoms with Crippen LogP contribution in [-0.2, 0) is 13.1 Å². The summed E-state index contributed by atoms with van der Waals surface area (Å²) in [6.45, 7) is 0.384. The molecule has 9 heteroatoms. The van der Waals surface area contributed by atoms with Gasteiger partial charge in [0.1, 0.15) is 10.8 Å². The minimum Gasteiger partial charge on any atom is -0.497 e. The van der Waals surface area contributed by atoms with Crippen LogP contribution >= 0.6 is 11.3 Å². The Hall–Kier alpha value is -4.37. The summed E-state index contributed by atoms with van der Waals surface area (Å²) < 4.78 is 5.15. The number of nitrogens with zero attached hydrogens (tertiary/aromatic N) is 3. The molecule has 0 aliphatic carbocycles. The molecule has 1 aliphatic rings. The zero-order chi connectivity index (χ0) is 24.4. The molecule has 0 fully saturated rings. The molecular weight excluding hydrogens is 464 g/mol. The quantitative estimate of drug-likeness (QED) is 0.399. The molecule has 0 unspecified atom stereocenters. The second-order valence-electron chi connectivity index (χ2n) is 7.87. The SMILES string of the molecule is COc1ccc(CN2C(=O)c3ccc(C(=O)NCc4csc(-c5ccncc5)n4)cc3C2=O)cc1. The van der Waals surface area contributed by atoms with E-state index in [2.05, 4.69) is 15.3 Å². The summed E-state index contributed by atoms with van der Waals surface area (Å²) in [6.07, 6.45) is 3.41. The minimum absolute atomic E-state index is 0.140. The lowest BCUT2D eigenvalue weighted by atomic mass is 10.1. The van der Waals surface area contributed by atoms with Gasteiger partial charge in [-0.05, 0) is 48.0 Å². The first kappa shape index (κ1) is 22.4. The van der Waals surface area contributed by atoms with Crippen molar-refractivity contribution in [2.24, 2.45) is 0 Å². The van der Waals surface area contributed by atoms with Gasteiger partial charge < -0.3 is 10.1 Å². The summed E-state index contributed by atoms with van der Waals surface area (Å²) in [5.74, 6) is -0.450. The number of carbonyl (C=O) groups is 3. The highest BCUT2D eigenvalue weighted by Crippen LogP contribution is 2.27. The Morgan fingerprint density at radius 2 is 1.74 bits per heavy atom. The van der Waals surface area contributed by atoms with Crippen LogP contribution in [0.5, 0.6) is 5.75 Å². The zero-order valence-corrected chi connectivity index (χ0v) is 19.5. The van der Waals surface area contributed by atoms with E-state index in [1.807, 2.05) is 17.5 Å². The van der Waals surface area contributed by atoms with Crippen LogP contribution in [0.25, 0.3) is 10.6 Å². The third kappa shape index (κ3) is 4.53. The van der Waals surface area contributed by atoms with Gasteiger partial charge >= 0.3 is 0 Å². The van der Waals surface area contributed by atoms with Crippen LogP contribution in [0.3, 0.4) is 0 Å². The second-order valence-corrected chi connectivity index (χ2v) is 8.73. The molecule has 3 heterocycles. The molecule has 0 spiro atoms. The number of benzene rings is 2. The monoisotopic (exact) mass is 484 g/mol. The summed E-state index contributed by atoms with van der Waals surface area (Å²) in [7, 11) is 1.57. The van der Waals surface area contributed by atoms with Crippen molar-refractivity contribution in [2.75, 3.05) is 7.11 Å². The second kappa shape index (κ2) is 9.47. The fraction of sp³-hybridized carbons (Fsp3) is 0.115. The van der Waals surface area contributed by atoms with Gasteiger partial charge in [0.2, 0.25) is 0 Å². The van der Waals surface area contributed by atoms with Crippen molar-refractivity contribution in [3.05, 3.63) is 100 Å². The number of thiazole rings is 1. The number of rotatable bonds is 7. The van der Waals surface area contributed by atoms with E-state index in [9.17, 15) is 14.4 Å². The van der Waals surface area contributed by atoms with E-state index < -0.39 is 5.91 Å². The Kier molecular flexibility index (Phi) is 6.07. The summed E-state index contributed by atoms with van der Waals surface area (Å²) >= 11 is 1.48. The highest BCUT2D eigenvalue weighted by Gasteiger charge is 2.36. The molecule has 1 N–H and O–H groups in total. The first-order valence-electron chi connectivity index (χ1n) is 10.8. The average Bonchev–Trinajstić information content (AvgIpc) is 3.47. The largest absolute Gasteiger partial charge is 0.497 e. The maximum Gasteiger partial charge on any atom is 0.261 e. The predicted molar refractivity (Wildman–Crippen MR) is 130 cm³/mol. The highest BCUT2D eigenvalue weighted by atomic mass is 32.1. The summed E-state index contributed by atoms with van der Waals surface area (Å²) in [5, 5.41) is 5.56. The van der Waals surface area contributed by atoms with Crippen molar-refractivity contribution in [3.8, 4) is 16.3 Å². The maximum atomic E-state index is 13.0. The number of methoxy groups -OCH3 is 1. The lowest BCUT2D eigenvalue weighted by Gasteiger charge is -2.14.